The predicted octanol–water partition coefficient (Wildman–Crippen LogP) is 1.13. The zero-order valence-electron chi connectivity index (χ0n) is 6.84. The van der Waals surface area contributed by atoms with Crippen LogP contribution in [0.3, 0.4) is 0 Å². The third kappa shape index (κ3) is 1.27. The van der Waals surface area contributed by atoms with Crippen molar-refractivity contribution in [1.82, 2.24) is 5.32 Å². The molecule has 0 saturated heterocycles. The van der Waals surface area contributed by atoms with Gasteiger partial charge in [-0.1, -0.05) is 6.08 Å². The molecule has 2 nitrogen and oxygen atoms in total. The molecule has 1 aliphatic heterocycles. The molecule has 11 heavy (non-hydrogen) atoms. The van der Waals surface area contributed by atoms with Gasteiger partial charge in [-0.3, -0.25) is 0 Å². The number of nitrogens with two attached hydrogens (primary N) is 1. The van der Waals surface area contributed by atoms with Crippen molar-refractivity contribution in [3.05, 3.63) is 12.3 Å². The van der Waals surface area contributed by atoms with Crippen LogP contribution in [0.1, 0.15) is 32.1 Å². The minimum absolute atomic E-state index is 0.413. The Bertz CT molecular complexity index is 156. The largest absolute Gasteiger partial charge is 0.385 e. The summed E-state index contributed by atoms with van der Waals surface area (Å²) in [5, 5.41) is 3.46. The minimum Gasteiger partial charge on any atom is -0.385 e. The first-order valence-electron chi connectivity index (χ1n) is 4.49. The number of rotatable bonds is 0. The van der Waals surface area contributed by atoms with E-state index in [0.717, 1.165) is 0 Å². The molecule has 0 radical (unpaired) electrons. The van der Waals surface area contributed by atoms with Gasteiger partial charge in [-0.25, -0.2) is 0 Å². The number of hydrogen-bond acceptors (Lipinski definition) is 2. The Kier molecular flexibility index (Phi) is 1.64. The molecule has 62 valence electrons. The smallest absolute Gasteiger partial charge is 0.0404 e. The summed E-state index contributed by atoms with van der Waals surface area (Å²) < 4.78 is 0. The average Bonchev–Trinajstić information content (AvgIpc) is 2.45. The lowest BCUT2D eigenvalue weighted by molar-refractivity contribution is 0.252. The third-order valence-electron chi connectivity index (χ3n) is 3.00. The first-order chi connectivity index (χ1) is 5.31. The van der Waals surface area contributed by atoms with E-state index in [2.05, 4.69) is 17.6 Å². The number of hydrogen-bond donors (Lipinski definition) is 2. The monoisotopic (exact) mass is 152 g/mol. The van der Waals surface area contributed by atoms with Crippen molar-refractivity contribution in [2.75, 3.05) is 0 Å². The zero-order valence-corrected chi connectivity index (χ0v) is 6.84. The fourth-order valence-corrected chi connectivity index (χ4v) is 2.12. The Hall–Kier alpha value is -0.500. The highest BCUT2D eigenvalue weighted by Gasteiger charge is 2.34. The SMILES string of the molecule is NC1CCC2(CC=CN2)CC1. The molecule has 0 aromatic heterocycles. The Morgan fingerprint density at radius 1 is 1.36 bits per heavy atom. The lowest BCUT2D eigenvalue weighted by Gasteiger charge is -2.36. The maximum absolute atomic E-state index is 5.84. The Labute approximate surface area is 67.8 Å². The molecular weight excluding hydrogens is 136 g/mol. The maximum atomic E-state index is 5.84. The first kappa shape index (κ1) is 7.17. The fourth-order valence-electron chi connectivity index (χ4n) is 2.12. The lowest BCUT2D eigenvalue weighted by atomic mass is 9.79. The fraction of sp³-hybridized carbons (Fsp3) is 0.778. The second kappa shape index (κ2) is 2.52. The topological polar surface area (TPSA) is 38.0 Å². The van der Waals surface area contributed by atoms with Crippen LogP contribution in [-0.2, 0) is 0 Å². The van der Waals surface area contributed by atoms with Crippen LogP contribution in [0.15, 0.2) is 12.3 Å². The molecule has 2 rings (SSSR count). The Balaban J connectivity index is 1.96. The van der Waals surface area contributed by atoms with Crippen molar-refractivity contribution in [3.63, 3.8) is 0 Å². The summed E-state index contributed by atoms with van der Waals surface area (Å²) >= 11 is 0. The van der Waals surface area contributed by atoms with E-state index in [4.69, 9.17) is 5.73 Å². The number of nitrogens with one attached hydrogen (secondary N) is 1. The second-order valence-corrected chi connectivity index (χ2v) is 3.87. The van der Waals surface area contributed by atoms with Gasteiger partial charge in [0, 0.05) is 11.6 Å². The van der Waals surface area contributed by atoms with E-state index < -0.39 is 0 Å². The van der Waals surface area contributed by atoms with Crippen molar-refractivity contribution >= 4 is 0 Å². The van der Waals surface area contributed by atoms with Gasteiger partial charge in [0.2, 0.25) is 0 Å². The van der Waals surface area contributed by atoms with Crippen molar-refractivity contribution < 1.29 is 0 Å². The van der Waals surface area contributed by atoms with Crippen LogP contribution < -0.4 is 11.1 Å². The van der Waals surface area contributed by atoms with E-state index in [1.807, 2.05) is 0 Å². The van der Waals surface area contributed by atoms with Crippen LogP contribution >= 0.6 is 0 Å². The summed E-state index contributed by atoms with van der Waals surface area (Å²) in [5.41, 5.74) is 6.25. The Morgan fingerprint density at radius 3 is 2.64 bits per heavy atom. The van der Waals surface area contributed by atoms with Gasteiger partial charge in [-0.2, -0.15) is 0 Å². The van der Waals surface area contributed by atoms with Crippen molar-refractivity contribution in [3.8, 4) is 0 Å². The predicted molar refractivity (Wildman–Crippen MR) is 46.1 cm³/mol. The van der Waals surface area contributed by atoms with Gasteiger partial charge in [0.25, 0.3) is 0 Å². The van der Waals surface area contributed by atoms with Crippen LogP contribution in [0.5, 0.6) is 0 Å². The van der Waals surface area contributed by atoms with Crippen LogP contribution in [0.2, 0.25) is 0 Å². The van der Waals surface area contributed by atoms with E-state index in [9.17, 15) is 0 Å². The lowest BCUT2D eigenvalue weighted by Crippen LogP contribution is -2.45. The van der Waals surface area contributed by atoms with Crippen LogP contribution in [0.25, 0.3) is 0 Å². The molecule has 1 spiro atoms. The molecular formula is C9H16N2. The molecule has 1 heterocycles. The van der Waals surface area contributed by atoms with Crippen LogP contribution in [0.4, 0.5) is 0 Å². The molecule has 2 heteroatoms. The highest BCUT2D eigenvalue weighted by molar-refractivity contribution is 5.07. The van der Waals surface area contributed by atoms with Gasteiger partial charge in [-0.15, -0.1) is 0 Å². The first-order valence-corrected chi connectivity index (χ1v) is 4.49. The van der Waals surface area contributed by atoms with Crippen LogP contribution in [-0.4, -0.2) is 11.6 Å². The Morgan fingerprint density at radius 2 is 2.09 bits per heavy atom. The molecule has 1 aliphatic carbocycles. The molecule has 0 amide bonds. The van der Waals surface area contributed by atoms with Crippen molar-refractivity contribution in [1.29, 1.82) is 0 Å². The average molecular weight is 152 g/mol. The summed E-state index contributed by atoms with van der Waals surface area (Å²) in [6, 6.07) is 0.461. The molecule has 0 atom stereocenters. The van der Waals surface area contributed by atoms with E-state index in [0.29, 0.717) is 11.6 Å². The summed E-state index contributed by atoms with van der Waals surface area (Å²) in [6.07, 6.45) is 10.4. The van der Waals surface area contributed by atoms with Crippen molar-refractivity contribution in [2.45, 2.75) is 43.7 Å². The van der Waals surface area contributed by atoms with Gasteiger partial charge in [-0.05, 0) is 38.3 Å². The standard InChI is InChI=1S/C9H16N2/c10-8-2-5-9(6-3-8)4-1-7-11-9/h1,7-8,11H,2-6,10H2. The van der Waals surface area contributed by atoms with Gasteiger partial charge >= 0.3 is 0 Å². The summed E-state index contributed by atoms with van der Waals surface area (Å²) in [7, 11) is 0. The minimum atomic E-state index is 0.413. The van der Waals surface area contributed by atoms with Crippen molar-refractivity contribution in [2.24, 2.45) is 5.73 Å². The van der Waals surface area contributed by atoms with E-state index in [-0.39, 0.29) is 0 Å². The third-order valence-corrected chi connectivity index (χ3v) is 3.00. The zero-order chi connectivity index (χ0) is 7.73. The highest BCUT2D eigenvalue weighted by atomic mass is 15.0. The maximum Gasteiger partial charge on any atom is 0.0404 e. The summed E-state index contributed by atoms with van der Waals surface area (Å²) in [6.45, 7) is 0. The van der Waals surface area contributed by atoms with Gasteiger partial charge < -0.3 is 11.1 Å². The normalized spacial score (nSPS) is 42.8. The van der Waals surface area contributed by atoms with E-state index in [1.165, 1.54) is 32.1 Å². The molecule has 0 unspecified atom stereocenters. The van der Waals surface area contributed by atoms with E-state index >= 15 is 0 Å². The van der Waals surface area contributed by atoms with E-state index in [1.54, 1.807) is 0 Å². The summed E-state index contributed by atoms with van der Waals surface area (Å²) in [5.74, 6) is 0. The molecule has 0 bridgehead atoms. The molecule has 3 N–H and O–H groups in total. The molecule has 1 fully saturated rings. The van der Waals surface area contributed by atoms with Gasteiger partial charge in [0.1, 0.15) is 0 Å². The quantitative estimate of drug-likeness (QED) is 0.546. The molecule has 0 aromatic carbocycles. The molecule has 1 saturated carbocycles. The molecule has 2 aliphatic rings. The highest BCUT2D eigenvalue weighted by Crippen LogP contribution is 2.33. The van der Waals surface area contributed by atoms with Gasteiger partial charge in [0.05, 0.1) is 0 Å². The molecule has 0 aromatic rings. The summed E-state index contributed by atoms with van der Waals surface area (Å²) in [4.78, 5) is 0. The van der Waals surface area contributed by atoms with Crippen LogP contribution in [0, 0.1) is 0 Å². The second-order valence-electron chi connectivity index (χ2n) is 3.87. The van der Waals surface area contributed by atoms with Gasteiger partial charge in [0.15, 0.2) is 0 Å².